The van der Waals surface area contributed by atoms with Gasteiger partial charge < -0.3 is 10.1 Å². The molecular weight excluding hydrogens is 322 g/mol. The van der Waals surface area contributed by atoms with Crippen molar-refractivity contribution < 1.29 is 14.3 Å². The van der Waals surface area contributed by atoms with Gasteiger partial charge in [-0.15, -0.1) is 0 Å². The van der Waals surface area contributed by atoms with Gasteiger partial charge in [-0.1, -0.05) is 6.07 Å². The number of pyridine rings is 2. The minimum atomic E-state index is -0.502. The van der Waals surface area contributed by atoms with Crippen LogP contribution in [-0.2, 0) is 4.74 Å². The highest BCUT2D eigenvalue weighted by Crippen LogP contribution is 2.24. The number of amides is 2. The monoisotopic (exact) mass is 339 g/mol. The Hall–Kier alpha value is -3.42. The van der Waals surface area contributed by atoms with Gasteiger partial charge in [0.05, 0.1) is 13.3 Å². The third-order valence-corrected chi connectivity index (χ3v) is 3.54. The van der Waals surface area contributed by atoms with Crippen LogP contribution < -0.4 is 10.6 Å². The van der Waals surface area contributed by atoms with Gasteiger partial charge in [0.2, 0.25) is 0 Å². The number of imidazole rings is 1. The zero-order chi connectivity index (χ0) is 17.8. The minimum Gasteiger partial charge on any atom is -0.464 e. The number of methoxy groups -OCH3 is 1. The van der Waals surface area contributed by atoms with E-state index in [1.807, 2.05) is 25.1 Å². The van der Waals surface area contributed by atoms with E-state index in [2.05, 4.69) is 20.6 Å². The molecule has 8 nitrogen and oxygen atoms in total. The summed E-state index contributed by atoms with van der Waals surface area (Å²) in [5, 5.41) is 5.25. The number of nitrogens with one attached hydrogen (secondary N) is 2. The zero-order valence-electron chi connectivity index (χ0n) is 13.8. The molecule has 0 aliphatic rings. The number of rotatable bonds is 4. The first-order valence-electron chi connectivity index (χ1n) is 7.69. The first-order valence-corrected chi connectivity index (χ1v) is 7.69. The maximum Gasteiger partial charge on any atom is 0.355 e. The molecule has 0 unspecified atom stereocenters. The van der Waals surface area contributed by atoms with Crippen LogP contribution in [0, 0.1) is 0 Å². The second-order valence-corrected chi connectivity index (χ2v) is 5.20. The Morgan fingerprint density at radius 3 is 2.80 bits per heavy atom. The summed E-state index contributed by atoms with van der Waals surface area (Å²) in [6, 6.07) is 6.85. The predicted octanol–water partition coefficient (Wildman–Crippen LogP) is 2.32. The van der Waals surface area contributed by atoms with Gasteiger partial charge in [0, 0.05) is 24.5 Å². The van der Waals surface area contributed by atoms with Crippen molar-refractivity contribution in [2.45, 2.75) is 6.92 Å². The van der Waals surface area contributed by atoms with Crippen LogP contribution in [0.15, 0.2) is 42.9 Å². The van der Waals surface area contributed by atoms with Crippen LogP contribution >= 0.6 is 0 Å². The molecule has 0 saturated heterocycles. The highest BCUT2D eigenvalue weighted by Gasteiger charge is 2.16. The number of carbonyl (C=O) groups excluding carboxylic acids is 2. The Morgan fingerprint density at radius 1 is 1.28 bits per heavy atom. The van der Waals surface area contributed by atoms with Gasteiger partial charge in [-0.05, 0) is 30.7 Å². The molecule has 8 heteroatoms. The van der Waals surface area contributed by atoms with E-state index in [1.54, 1.807) is 29.1 Å². The van der Waals surface area contributed by atoms with E-state index in [1.165, 1.54) is 7.11 Å². The van der Waals surface area contributed by atoms with Crippen molar-refractivity contribution in [1.29, 1.82) is 0 Å². The maximum absolute atomic E-state index is 12.2. The Bertz CT molecular complexity index is 921. The Morgan fingerprint density at radius 2 is 2.12 bits per heavy atom. The van der Waals surface area contributed by atoms with Gasteiger partial charge in [-0.25, -0.2) is 14.6 Å². The maximum atomic E-state index is 12.2. The van der Waals surface area contributed by atoms with Gasteiger partial charge in [-0.3, -0.25) is 14.7 Å². The first-order chi connectivity index (χ1) is 12.1. The van der Waals surface area contributed by atoms with Gasteiger partial charge in [0.15, 0.2) is 5.82 Å². The summed E-state index contributed by atoms with van der Waals surface area (Å²) < 4.78 is 6.44. The molecule has 0 spiro atoms. The number of hydrogen-bond donors (Lipinski definition) is 2. The number of fused-ring (bicyclic) bond motifs is 1. The van der Waals surface area contributed by atoms with E-state index < -0.39 is 5.97 Å². The van der Waals surface area contributed by atoms with Gasteiger partial charge in [-0.2, -0.15) is 0 Å². The standard InChI is InChI=1S/C17H17N5O3/c1-3-19-17(24)21-14-10-22-13(16(23)25-2)7-12(8-15(22)20-14)11-5-4-6-18-9-11/h4-10H,3H2,1-2H3,(H2,19,21,24). The third-order valence-electron chi connectivity index (χ3n) is 3.54. The highest BCUT2D eigenvalue weighted by molar-refractivity contribution is 5.92. The molecule has 0 fully saturated rings. The Labute approximate surface area is 143 Å². The Balaban J connectivity index is 2.10. The quantitative estimate of drug-likeness (QED) is 0.711. The first kappa shape index (κ1) is 16.4. The van der Waals surface area contributed by atoms with Crippen LogP contribution in [0.5, 0.6) is 0 Å². The fourth-order valence-corrected chi connectivity index (χ4v) is 2.43. The Kier molecular flexibility index (Phi) is 4.60. The van der Waals surface area contributed by atoms with Crippen molar-refractivity contribution in [2.75, 3.05) is 19.0 Å². The average Bonchev–Trinajstić information content (AvgIpc) is 3.03. The van der Waals surface area contributed by atoms with Gasteiger partial charge in [0.25, 0.3) is 0 Å². The van der Waals surface area contributed by atoms with Crippen LogP contribution in [0.1, 0.15) is 17.4 Å². The number of ether oxygens (including phenoxy) is 1. The van der Waals surface area contributed by atoms with Crippen LogP contribution in [-0.4, -0.2) is 40.0 Å². The van der Waals surface area contributed by atoms with Crippen LogP contribution in [0.25, 0.3) is 16.8 Å². The smallest absolute Gasteiger partial charge is 0.355 e. The molecule has 0 aromatic carbocycles. The molecule has 3 aromatic heterocycles. The molecule has 0 aliphatic carbocycles. The third kappa shape index (κ3) is 3.42. The van der Waals surface area contributed by atoms with E-state index in [0.29, 0.717) is 23.7 Å². The number of urea groups is 1. The van der Waals surface area contributed by atoms with Crippen molar-refractivity contribution in [3.8, 4) is 11.1 Å². The normalized spacial score (nSPS) is 10.5. The summed E-state index contributed by atoms with van der Waals surface area (Å²) in [6.07, 6.45) is 4.95. The SMILES string of the molecule is CCNC(=O)Nc1cn2c(C(=O)OC)cc(-c3cccnc3)cc2n1. The average molecular weight is 339 g/mol. The lowest BCUT2D eigenvalue weighted by atomic mass is 10.1. The highest BCUT2D eigenvalue weighted by atomic mass is 16.5. The molecule has 128 valence electrons. The molecule has 0 radical (unpaired) electrons. The lowest BCUT2D eigenvalue weighted by Gasteiger charge is -2.07. The second kappa shape index (κ2) is 7.00. The molecule has 2 amide bonds. The fourth-order valence-electron chi connectivity index (χ4n) is 2.43. The lowest BCUT2D eigenvalue weighted by Crippen LogP contribution is -2.28. The summed E-state index contributed by atoms with van der Waals surface area (Å²) in [7, 11) is 1.32. The van der Waals surface area contributed by atoms with Gasteiger partial charge >= 0.3 is 12.0 Å². The van der Waals surface area contributed by atoms with Crippen molar-refractivity contribution in [3.63, 3.8) is 0 Å². The summed E-state index contributed by atoms with van der Waals surface area (Å²) in [6.45, 7) is 2.32. The molecule has 0 aliphatic heterocycles. The van der Waals surface area contributed by atoms with E-state index in [0.717, 1.165) is 11.1 Å². The lowest BCUT2D eigenvalue weighted by molar-refractivity contribution is 0.0592. The number of aromatic nitrogens is 3. The molecule has 0 atom stereocenters. The topological polar surface area (TPSA) is 97.6 Å². The molecule has 2 N–H and O–H groups in total. The molecule has 25 heavy (non-hydrogen) atoms. The van der Waals surface area contributed by atoms with Crippen molar-refractivity contribution in [2.24, 2.45) is 0 Å². The van der Waals surface area contributed by atoms with E-state index in [9.17, 15) is 9.59 Å². The van der Waals surface area contributed by atoms with Crippen molar-refractivity contribution >= 4 is 23.5 Å². The van der Waals surface area contributed by atoms with Crippen molar-refractivity contribution in [1.82, 2.24) is 19.7 Å². The fraction of sp³-hybridized carbons (Fsp3) is 0.176. The summed E-state index contributed by atoms with van der Waals surface area (Å²) in [5.74, 6) is -0.169. The summed E-state index contributed by atoms with van der Waals surface area (Å²) >= 11 is 0. The van der Waals surface area contributed by atoms with Crippen molar-refractivity contribution in [3.05, 3.63) is 48.5 Å². The summed E-state index contributed by atoms with van der Waals surface area (Å²) in [4.78, 5) is 32.3. The molecular formula is C17H17N5O3. The molecule has 0 saturated carbocycles. The largest absolute Gasteiger partial charge is 0.464 e. The minimum absolute atomic E-state index is 0.301. The number of hydrogen-bond acceptors (Lipinski definition) is 5. The van der Waals surface area contributed by atoms with Crippen LogP contribution in [0.4, 0.5) is 10.6 Å². The molecule has 3 aromatic rings. The molecule has 3 rings (SSSR count). The number of nitrogens with zero attached hydrogens (tertiary/aromatic N) is 3. The van der Waals surface area contributed by atoms with E-state index in [-0.39, 0.29) is 6.03 Å². The van der Waals surface area contributed by atoms with E-state index >= 15 is 0 Å². The van der Waals surface area contributed by atoms with E-state index in [4.69, 9.17) is 4.74 Å². The molecule has 0 bridgehead atoms. The predicted molar refractivity (Wildman–Crippen MR) is 92.5 cm³/mol. The number of carbonyl (C=O) groups is 2. The molecule has 3 heterocycles. The van der Waals surface area contributed by atoms with Crippen LogP contribution in [0.2, 0.25) is 0 Å². The zero-order valence-corrected chi connectivity index (χ0v) is 13.8. The van der Waals surface area contributed by atoms with Gasteiger partial charge in [0.1, 0.15) is 11.3 Å². The number of esters is 1. The second-order valence-electron chi connectivity index (χ2n) is 5.20. The van der Waals surface area contributed by atoms with Crippen LogP contribution in [0.3, 0.4) is 0 Å². The summed E-state index contributed by atoms with van der Waals surface area (Å²) in [5.41, 5.74) is 2.43. The number of anilines is 1.